The number of aryl methyl sites for hydroxylation is 1. The summed E-state index contributed by atoms with van der Waals surface area (Å²) in [6.45, 7) is 2.69. The third-order valence-electron chi connectivity index (χ3n) is 4.84. The fraction of sp³-hybridized carbons (Fsp3) is 0.400. The Labute approximate surface area is 147 Å². The van der Waals surface area contributed by atoms with Crippen molar-refractivity contribution in [2.75, 3.05) is 0 Å². The van der Waals surface area contributed by atoms with Crippen LogP contribution in [0.1, 0.15) is 37.1 Å². The molecule has 0 atom stereocenters. The van der Waals surface area contributed by atoms with Crippen LogP contribution in [-0.4, -0.2) is 22.3 Å². The number of hydrogen-bond acceptors (Lipinski definition) is 5. The van der Waals surface area contributed by atoms with E-state index in [1.807, 2.05) is 37.5 Å². The average Bonchev–Trinajstić information content (AvgIpc) is 3.06. The van der Waals surface area contributed by atoms with E-state index in [1.165, 1.54) is 5.39 Å². The Morgan fingerprint density at radius 3 is 2.80 bits per heavy atom. The van der Waals surface area contributed by atoms with Crippen molar-refractivity contribution in [1.29, 1.82) is 0 Å². The van der Waals surface area contributed by atoms with Crippen LogP contribution >= 0.6 is 0 Å². The number of hydrogen-bond donors (Lipinski definition) is 1. The highest BCUT2D eigenvalue weighted by molar-refractivity contribution is 5.82. The summed E-state index contributed by atoms with van der Waals surface area (Å²) in [5.41, 5.74) is 0.974. The minimum absolute atomic E-state index is 0.298. The van der Waals surface area contributed by atoms with Gasteiger partial charge in [-0.25, -0.2) is 0 Å². The topological polar surface area (TPSA) is 60.2 Å². The number of nitrogens with one attached hydrogen (secondary N) is 1. The van der Waals surface area contributed by atoms with Crippen LogP contribution in [0.25, 0.3) is 10.8 Å². The zero-order chi connectivity index (χ0) is 17.1. The van der Waals surface area contributed by atoms with E-state index in [4.69, 9.17) is 9.26 Å². The summed E-state index contributed by atoms with van der Waals surface area (Å²) >= 11 is 0. The van der Waals surface area contributed by atoms with Gasteiger partial charge in [0.2, 0.25) is 0 Å². The fourth-order valence-corrected chi connectivity index (χ4v) is 3.46. The van der Waals surface area contributed by atoms with Gasteiger partial charge in [-0.05, 0) is 62.3 Å². The number of ether oxygens (including phenoxy) is 1. The van der Waals surface area contributed by atoms with Crippen molar-refractivity contribution in [2.24, 2.45) is 0 Å². The van der Waals surface area contributed by atoms with Crippen LogP contribution in [0.3, 0.4) is 0 Å². The summed E-state index contributed by atoms with van der Waals surface area (Å²) in [5, 5.41) is 9.92. The Morgan fingerprint density at radius 1 is 1.12 bits per heavy atom. The summed E-state index contributed by atoms with van der Waals surface area (Å²) in [6, 6.07) is 10.8. The van der Waals surface area contributed by atoms with Crippen molar-refractivity contribution in [2.45, 2.75) is 51.3 Å². The van der Waals surface area contributed by atoms with Gasteiger partial charge >= 0.3 is 0 Å². The zero-order valence-corrected chi connectivity index (χ0v) is 14.4. The SMILES string of the molecule is Cc1cc(CNC2CCC(Oc3ccc4cnccc4c3)CC2)no1. The van der Waals surface area contributed by atoms with E-state index in [2.05, 4.69) is 27.6 Å². The van der Waals surface area contributed by atoms with E-state index in [-0.39, 0.29) is 0 Å². The van der Waals surface area contributed by atoms with Crippen LogP contribution in [0.4, 0.5) is 0 Å². The van der Waals surface area contributed by atoms with E-state index in [1.54, 1.807) is 0 Å². The first-order valence-corrected chi connectivity index (χ1v) is 8.92. The Bertz CT molecular complexity index is 838. The highest BCUT2D eigenvalue weighted by atomic mass is 16.5. The number of pyridine rings is 1. The van der Waals surface area contributed by atoms with Crippen molar-refractivity contribution in [3.8, 4) is 5.75 Å². The molecule has 0 saturated heterocycles. The smallest absolute Gasteiger partial charge is 0.133 e. The molecule has 130 valence electrons. The lowest BCUT2D eigenvalue weighted by Gasteiger charge is -2.29. The highest BCUT2D eigenvalue weighted by Gasteiger charge is 2.22. The third kappa shape index (κ3) is 3.99. The number of nitrogens with zero attached hydrogens (tertiary/aromatic N) is 2. The van der Waals surface area contributed by atoms with E-state index >= 15 is 0 Å². The van der Waals surface area contributed by atoms with E-state index in [0.29, 0.717) is 12.1 Å². The molecule has 25 heavy (non-hydrogen) atoms. The van der Waals surface area contributed by atoms with Crippen LogP contribution in [0.15, 0.2) is 47.2 Å². The Kier molecular flexibility index (Phi) is 4.65. The van der Waals surface area contributed by atoms with Crippen molar-refractivity contribution < 1.29 is 9.26 Å². The summed E-state index contributed by atoms with van der Waals surface area (Å²) in [5.74, 6) is 1.81. The lowest BCUT2D eigenvalue weighted by molar-refractivity contribution is 0.139. The van der Waals surface area contributed by atoms with Gasteiger partial charge in [0.1, 0.15) is 11.5 Å². The molecule has 3 aromatic rings. The van der Waals surface area contributed by atoms with Crippen molar-refractivity contribution >= 4 is 10.8 Å². The molecule has 2 aromatic heterocycles. The lowest BCUT2D eigenvalue weighted by atomic mass is 9.93. The van der Waals surface area contributed by atoms with Gasteiger partial charge in [0.15, 0.2) is 0 Å². The van der Waals surface area contributed by atoms with Crippen molar-refractivity contribution in [3.63, 3.8) is 0 Å². The Hall–Kier alpha value is -2.40. The predicted molar refractivity (Wildman–Crippen MR) is 96.5 cm³/mol. The molecular formula is C20H23N3O2. The standard InChI is InChI=1S/C20H23N3O2/c1-14-10-18(23-25-14)13-22-17-3-6-19(7-4-17)24-20-5-2-16-12-21-9-8-15(16)11-20/h2,5,8-12,17,19,22H,3-4,6-7,13H2,1H3. The van der Waals surface area contributed by atoms with Crippen LogP contribution < -0.4 is 10.1 Å². The summed E-state index contributed by atoms with van der Waals surface area (Å²) in [4.78, 5) is 4.15. The number of benzene rings is 1. The average molecular weight is 337 g/mol. The number of aromatic nitrogens is 2. The molecular weight excluding hydrogens is 314 g/mol. The molecule has 1 fully saturated rings. The summed E-state index contributed by atoms with van der Waals surface area (Å²) in [6.07, 6.45) is 8.39. The van der Waals surface area contributed by atoms with Gasteiger partial charge < -0.3 is 14.6 Å². The maximum atomic E-state index is 6.20. The quantitative estimate of drug-likeness (QED) is 0.762. The summed E-state index contributed by atoms with van der Waals surface area (Å²) < 4.78 is 11.3. The largest absolute Gasteiger partial charge is 0.490 e. The van der Waals surface area contributed by atoms with Gasteiger partial charge in [0.25, 0.3) is 0 Å². The summed E-state index contributed by atoms with van der Waals surface area (Å²) in [7, 11) is 0. The monoisotopic (exact) mass is 337 g/mol. The van der Waals surface area contributed by atoms with Crippen molar-refractivity contribution in [3.05, 3.63) is 54.2 Å². The van der Waals surface area contributed by atoms with Gasteiger partial charge in [0, 0.05) is 36.4 Å². The normalized spacial score (nSPS) is 20.7. The Balaban J connectivity index is 1.28. The molecule has 5 nitrogen and oxygen atoms in total. The van der Waals surface area contributed by atoms with Crippen molar-refractivity contribution in [1.82, 2.24) is 15.5 Å². The molecule has 0 aliphatic heterocycles. The highest BCUT2D eigenvalue weighted by Crippen LogP contribution is 2.26. The van der Waals surface area contributed by atoms with Gasteiger partial charge in [-0.3, -0.25) is 4.98 Å². The molecule has 0 bridgehead atoms. The molecule has 1 aliphatic rings. The van der Waals surface area contributed by atoms with Crippen LogP contribution in [0, 0.1) is 6.92 Å². The first kappa shape index (κ1) is 16.1. The molecule has 2 heterocycles. The second kappa shape index (κ2) is 7.23. The molecule has 1 N–H and O–H groups in total. The van der Waals surface area contributed by atoms with Gasteiger partial charge in [-0.2, -0.15) is 0 Å². The second-order valence-electron chi connectivity index (χ2n) is 6.79. The number of fused-ring (bicyclic) bond motifs is 1. The first-order valence-electron chi connectivity index (χ1n) is 8.92. The minimum Gasteiger partial charge on any atom is -0.490 e. The fourth-order valence-electron chi connectivity index (χ4n) is 3.46. The minimum atomic E-state index is 0.298. The molecule has 1 aliphatic carbocycles. The maximum Gasteiger partial charge on any atom is 0.133 e. The van der Waals surface area contributed by atoms with E-state index in [0.717, 1.165) is 54.8 Å². The molecule has 0 radical (unpaired) electrons. The van der Waals surface area contributed by atoms with E-state index in [9.17, 15) is 0 Å². The molecule has 1 saturated carbocycles. The molecule has 0 amide bonds. The lowest BCUT2D eigenvalue weighted by Crippen LogP contribution is -2.36. The third-order valence-corrected chi connectivity index (χ3v) is 4.84. The zero-order valence-electron chi connectivity index (χ0n) is 14.4. The Morgan fingerprint density at radius 2 is 2.00 bits per heavy atom. The van der Waals surface area contributed by atoms with Crippen LogP contribution in [0.2, 0.25) is 0 Å². The molecule has 0 spiro atoms. The van der Waals surface area contributed by atoms with Crippen LogP contribution in [0.5, 0.6) is 5.75 Å². The molecule has 0 unspecified atom stereocenters. The molecule has 1 aromatic carbocycles. The predicted octanol–water partition coefficient (Wildman–Crippen LogP) is 4.01. The maximum absolute atomic E-state index is 6.20. The van der Waals surface area contributed by atoms with Gasteiger partial charge in [-0.15, -0.1) is 0 Å². The number of rotatable bonds is 5. The van der Waals surface area contributed by atoms with Gasteiger partial charge in [0.05, 0.1) is 11.8 Å². The molecule has 5 heteroatoms. The first-order chi connectivity index (χ1) is 12.3. The van der Waals surface area contributed by atoms with E-state index < -0.39 is 0 Å². The van der Waals surface area contributed by atoms with Gasteiger partial charge in [-0.1, -0.05) is 5.16 Å². The molecule has 4 rings (SSSR count). The second-order valence-corrected chi connectivity index (χ2v) is 6.79. The van der Waals surface area contributed by atoms with Crippen LogP contribution in [-0.2, 0) is 6.54 Å².